The highest BCUT2D eigenvalue weighted by Gasteiger charge is 2.18. The van der Waals surface area contributed by atoms with Crippen LogP contribution in [0.1, 0.15) is 22.1 Å². The second-order valence-electron chi connectivity index (χ2n) is 7.09. The SMILES string of the molecule is O=C(Nc1cnn([C@H](CO)c2ccccc2)c1)c1n[nH]c2cc(-c3cn[nH]c3)ccc12. The summed E-state index contributed by atoms with van der Waals surface area (Å²) in [7, 11) is 0. The molecule has 154 valence electrons. The van der Waals surface area contributed by atoms with E-state index in [0.717, 1.165) is 27.6 Å². The lowest BCUT2D eigenvalue weighted by atomic mass is 10.1. The van der Waals surface area contributed by atoms with Crippen LogP contribution in [-0.4, -0.2) is 47.8 Å². The average Bonchev–Trinajstić information content (AvgIpc) is 3.56. The van der Waals surface area contributed by atoms with E-state index in [4.69, 9.17) is 0 Å². The van der Waals surface area contributed by atoms with E-state index in [-0.39, 0.29) is 18.6 Å². The van der Waals surface area contributed by atoms with Crippen LogP contribution < -0.4 is 5.32 Å². The van der Waals surface area contributed by atoms with E-state index in [1.54, 1.807) is 29.5 Å². The number of aromatic amines is 2. The molecule has 0 aliphatic rings. The van der Waals surface area contributed by atoms with Gasteiger partial charge in [-0.05, 0) is 23.3 Å². The smallest absolute Gasteiger partial charge is 0.276 e. The summed E-state index contributed by atoms with van der Waals surface area (Å²) in [6, 6.07) is 14.9. The van der Waals surface area contributed by atoms with Crippen molar-refractivity contribution in [3.63, 3.8) is 0 Å². The molecule has 5 aromatic rings. The van der Waals surface area contributed by atoms with Gasteiger partial charge in [-0.2, -0.15) is 15.3 Å². The number of aromatic nitrogens is 6. The lowest BCUT2D eigenvalue weighted by Gasteiger charge is -2.14. The molecule has 1 atom stereocenters. The van der Waals surface area contributed by atoms with Gasteiger partial charge in [0.25, 0.3) is 5.91 Å². The number of hydrogen-bond acceptors (Lipinski definition) is 5. The van der Waals surface area contributed by atoms with Gasteiger partial charge in [0.15, 0.2) is 5.69 Å². The number of nitrogens with zero attached hydrogens (tertiary/aromatic N) is 4. The summed E-state index contributed by atoms with van der Waals surface area (Å²) in [5.41, 5.74) is 4.41. The van der Waals surface area contributed by atoms with Gasteiger partial charge in [-0.1, -0.05) is 36.4 Å². The van der Waals surface area contributed by atoms with Crippen LogP contribution in [0.25, 0.3) is 22.0 Å². The Morgan fingerprint density at radius 1 is 1.13 bits per heavy atom. The number of hydrogen-bond donors (Lipinski definition) is 4. The Balaban J connectivity index is 1.36. The first kappa shape index (κ1) is 18.8. The summed E-state index contributed by atoms with van der Waals surface area (Å²) in [4.78, 5) is 12.8. The molecular weight excluding hydrogens is 394 g/mol. The molecule has 0 unspecified atom stereocenters. The molecule has 0 saturated heterocycles. The minimum atomic E-state index is -0.345. The van der Waals surface area contributed by atoms with E-state index in [1.807, 2.05) is 48.5 Å². The molecule has 3 aromatic heterocycles. The zero-order valence-electron chi connectivity index (χ0n) is 16.4. The number of fused-ring (bicyclic) bond motifs is 1. The number of aliphatic hydroxyl groups excluding tert-OH is 1. The van der Waals surface area contributed by atoms with Gasteiger partial charge in [0.2, 0.25) is 0 Å². The molecular formula is C22H19N7O2. The van der Waals surface area contributed by atoms with Crippen LogP contribution in [0.5, 0.6) is 0 Å². The first-order chi connectivity index (χ1) is 15.2. The molecule has 0 spiro atoms. The van der Waals surface area contributed by atoms with Crippen molar-refractivity contribution in [2.45, 2.75) is 6.04 Å². The second-order valence-corrected chi connectivity index (χ2v) is 7.09. The van der Waals surface area contributed by atoms with E-state index < -0.39 is 0 Å². The number of aliphatic hydroxyl groups is 1. The van der Waals surface area contributed by atoms with Crippen LogP contribution in [-0.2, 0) is 0 Å². The van der Waals surface area contributed by atoms with Gasteiger partial charge in [-0.3, -0.25) is 19.7 Å². The Bertz CT molecular complexity index is 1320. The number of rotatable bonds is 6. The van der Waals surface area contributed by atoms with Gasteiger partial charge in [0.05, 0.1) is 36.2 Å². The van der Waals surface area contributed by atoms with Gasteiger partial charge < -0.3 is 10.4 Å². The first-order valence-electron chi connectivity index (χ1n) is 9.71. The van der Waals surface area contributed by atoms with Gasteiger partial charge in [-0.25, -0.2) is 0 Å². The Morgan fingerprint density at radius 2 is 2.00 bits per heavy atom. The van der Waals surface area contributed by atoms with Gasteiger partial charge in [0.1, 0.15) is 0 Å². The molecule has 1 amide bonds. The molecule has 0 aliphatic carbocycles. The van der Waals surface area contributed by atoms with Crippen LogP contribution in [0.3, 0.4) is 0 Å². The van der Waals surface area contributed by atoms with Crippen molar-refractivity contribution in [1.29, 1.82) is 0 Å². The number of benzene rings is 2. The van der Waals surface area contributed by atoms with Crippen molar-refractivity contribution >= 4 is 22.5 Å². The highest BCUT2D eigenvalue weighted by atomic mass is 16.3. The minimum Gasteiger partial charge on any atom is -0.394 e. The molecule has 9 heteroatoms. The minimum absolute atomic E-state index is 0.109. The molecule has 0 aliphatic heterocycles. The van der Waals surface area contributed by atoms with E-state index in [2.05, 4.69) is 30.8 Å². The zero-order valence-corrected chi connectivity index (χ0v) is 16.4. The molecule has 0 radical (unpaired) electrons. The standard InChI is InChI=1S/C22H19N7O2/c30-13-20(14-4-2-1-3-5-14)29-12-17(11-25-29)26-22(31)21-18-7-6-15(8-19(18)27-28-21)16-9-23-24-10-16/h1-12,20,30H,13H2,(H,23,24)(H,26,31)(H,27,28)/t20-/m1/s1. The number of anilines is 1. The molecule has 0 bridgehead atoms. The van der Waals surface area contributed by atoms with E-state index in [1.165, 1.54) is 0 Å². The number of amides is 1. The van der Waals surface area contributed by atoms with E-state index in [0.29, 0.717) is 11.4 Å². The Morgan fingerprint density at radius 3 is 2.77 bits per heavy atom. The largest absolute Gasteiger partial charge is 0.394 e. The third-order valence-electron chi connectivity index (χ3n) is 5.15. The van der Waals surface area contributed by atoms with Crippen molar-refractivity contribution in [2.75, 3.05) is 11.9 Å². The van der Waals surface area contributed by atoms with Gasteiger partial charge >= 0.3 is 0 Å². The molecule has 5 rings (SSSR count). The number of carbonyl (C=O) groups is 1. The fourth-order valence-electron chi connectivity index (χ4n) is 3.56. The van der Waals surface area contributed by atoms with Crippen LogP contribution in [0, 0.1) is 0 Å². The predicted molar refractivity (Wildman–Crippen MR) is 116 cm³/mol. The van der Waals surface area contributed by atoms with Crippen LogP contribution >= 0.6 is 0 Å². The Labute approximate surface area is 176 Å². The normalized spacial score (nSPS) is 12.2. The molecule has 31 heavy (non-hydrogen) atoms. The molecule has 2 aromatic carbocycles. The number of carbonyl (C=O) groups excluding carboxylic acids is 1. The van der Waals surface area contributed by atoms with Crippen LogP contribution in [0.4, 0.5) is 5.69 Å². The monoisotopic (exact) mass is 413 g/mol. The fraction of sp³-hybridized carbons (Fsp3) is 0.0909. The first-order valence-corrected chi connectivity index (χ1v) is 9.71. The van der Waals surface area contributed by atoms with Gasteiger partial charge in [-0.15, -0.1) is 0 Å². The van der Waals surface area contributed by atoms with E-state index >= 15 is 0 Å². The highest BCUT2D eigenvalue weighted by Crippen LogP contribution is 2.25. The summed E-state index contributed by atoms with van der Waals surface area (Å²) in [6.07, 6.45) is 6.78. The van der Waals surface area contributed by atoms with Crippen molar-refractivity contribution in [3.8, 4) is 11.1 Å². The maximum absolute atomic E-state index is 12.8. The summed E-state index contributed by atoms with van der Waals surface area (Å²) in [5, 5.41) is 31.5. The molecule has 0 saturated carbocycles. The summed E-state index contributed by atoms with van der Waals surface area (Å²) < 4.78 is 1.63. The second kappa shape index (κ2) is 7.88. The fourth-order valence-corrected chi connectivity index (χ4v) is 3.56. The summed E-state index contributed by atoms with van der Waals surface area (Å²) in [6.45, 7) is -0.109. The van der Waals surface area contributed by atoms with Crippen molar-refractivity contribution in [3.05, 3.63) is 84.6 Å². The number of nitrogens with one attached hydrogen (secondary N) is 3. The van der Waals surface area contributed by atoms with Crippen LogP contribution in [0.2, 0.25) is 0 Å². The lowest BCUT2D eigenvalue weighted by molar-refractivity contribution is 0.102. The molecule has 9 nitrogen and oxygen atoms in total. The van der Waals surface area contributed by atoms with Crippen molar-refractivity contribution in [1.82, 2.24) is 30.2 Å². The Hall–Kier alpha value is -4.24. The lowest BCUT2D eigenvalue weighted by Crippen LogP contribution is -2.15. The van der Waals surface area contributed by atoms with Crippen molar-refractivity contribution < 1.29 is 9.90 Å². The maximum atomic E-state index is 12.8. The number of H-pyrrole nitrogens is 2. The highest BCUT2D eigenvalue weighted by molar-refractivity contribution is 6.11. The summed E-state index contributed by atoms with van der Waals surface area (Å²) >= 11 is 0. The van der Waals surface area contributed by atoms with Crippen molar-refractivity contribution in [2.24, 2.45) is 0 Å². The molecule has 0 fully saturated rings. The zero-order chi connectivity index (χ0) is 21.2. The Kier molecular flexibility index (Phi) is 4.77. The third-order valence-corrected chi connectivity index (χ3v) is 5.15. The topological polar surface area (TPSA) is 125 Å². The average molecular weight is 413 g/mol. The maximum Gasteiger partial charge on any atom is 0.276 e. The quantitative estimate of drug-likeness (QED) is 0.341. The molecule has 3 heterocycles. The van der Waals surface area contributed by atoms with Crippen LogP contribution in [0.15, 0.2) is 73.3 Å². The van der Waals surface area contributed by atoms with Gasteiger partial charge in [0, 0.05) is 23.3 Å². The summed E-state index contributed by atoms with van der Waals surface area (Å²) in [5.74, 6) is -0.345. The van der Waals surface area contributed by atoms with E-state index in [9.17, 15) is 9.90 Å². The molecule has 4 N–H and O–H groups in total. The predicted octanol–water partition coefficient (Wildman–Crippen LogP) is 2.98. The third kappa shape index (κ3) is 3.58.